The van der Waals surface area contributed by atoms with Gasteiger partial charge in [-0.3, -0.25) is 4.79 Å². The van der Waals surface area contributed by atoms with E-state index in [-0.39, 0.29) is 11.9 Å². The lowest BCUT2D eigenvalue weighted by Gasteiger charge is -2.29. The van der Waals surface area contributed by atoms with E-state index in [0.717, 1.165) is 0 Å². The molecule has 2 fully saturated rings. The number of nitrogens with zero attached hydrogens (tertiary/aromatic N) is 2. The van der Waals surface area contributed by atoms with Gasteiger partial charge in [0.15, 0.2) is 0 Å². The largest absolute Gasteiger partial charge is 0.372 e. The molecule has 4 nitrogen and oxygen atoms in total. The van der Waals surface area contributed by atoms with Gasteiger partial charge in [-0.2, -0.15) is 0 Å². The molecule has 1 aromatic rings. The molecule has 2 N–H and O–H groups in total. The smallest absolute Gasteiger partial charge is 0.224 e. The molecule has 0 radical (unpaired) electrons. The number of hydrogen-bond donors (Lipinski definition) is 1. The van der Waals surface area contributed by atoms with Crippen molar-refractivity contribution in [3.63, 3.8) is 0 Å². The van der Waals surface area contributed by atoms with E-state index in [4.69, 9.17) is 5.73 Å². The molecule has 0 aromatic heterocycles. The maximum absolute atomic E-state index is 11.7. The highest BCUT2D eigenvalue weighted by molar-refractivity contribution is 5.79. The predicted molar refractivity (Wildman–Crippen MR) is 80.5 cm³/mol. The fraction of sp³-hybridized carbons (Fsp3) is 0.562. The summed E-state index contributed by atoms with van der Waals surface area (Å²) >= 11 is 0. The number of hydrogen-bond acceptors (Lipinski definition) is 3. The zero-order valence-electron chi connectivity index (χ0n) is 11.9. The van der Waals surface area contributed by atoms with Crippen LogP contribution in [0.3, 0.4) is 0 Å². The van der Waals surface area contributed by atoms with Crippen molar-refractivity contribution < 1.29 is 4.79 Å². The first kappa shape index (κ1) is 13.4. The molecule has 0 aliphatic carbocycles. The number of piperidine rings is 1. The zero-order chi connectivity index (χ0) is 13.9. The number of carbonyl (C=O) groups excluding carboxylic acids is 1. The highest BCUT2D eigenvalue weighted by atomic mass is 16.2. The Morgan fingerprint density at radius 3 is 2.40 bits per heavy atom. The summed E-state index contributed by atoms with van der Waals surface area (Å²) in [7, 11) is 0. The summed E-state index contributed by atoms with van der Waals surface area (Å²) in [6.45, 7) is 3.71. The number of amides is 1. The summed E-state index contributed by atoms with van der Waals surface area (Å²) in [5.74, 6) is 0.178. The normalized spacial score (nSPS) is 23.4. The average molecular weight is 273 g/mol. The van der Waals surface area contributed by atoms with Crippen LogP contribution < -0.4 is 10.6 Å². The molecule has 1 atom stereocenters. The van der Waals surface area contributed by atoms with E-state index in [1.54, 1.807) is 0 Å². The molecule has 3 rings (SSSR count). The Kier molecular flexibility index (Phi) is 3.92. The van der Waals surface area contributed by atoms with Gasteiger partial charge in [0, 0.05) is 44.3 Å². The van der Waals surface area contributed by atoms with Crippen LogP contribution in [0.15, 0.2) is 24.3 Å². The first-order chi connectivity index (χ1) is 9.72. The molecule has 4 heteroatoms. The Morgan fingerprint density at radius 2 is 1.80 bits per heavy atom. The van der Waals surface area contributed by atoms with Crippen LogP contribution in [0.5, 0.6) is 0 Å². The zero-order valence-corrected chi connectivity index (χ0v) is 11.9. The molecule has 0 bridgehead atoms. The average Bonchev–Trinajstić information content (AvgIpc) is 2.79. The van der Waals surface area contributed by atoms with Crippen LogP contribution in [0.1, 0.15) is 31.2 Å². The molecular weight excluding hydrogens is 250 g/mol. The second-order valence-corrected chi connectivity index (χ2v) is 5.95. The standard InChI is InChI=1S/C16H23N3O/c17-14-10-16(20)19(12-14)11-13-4-6-15(7-5-13)18-8-2-1-3-9-18/h4-7,14H,1-3,8-12,17H2. The highest BCUT2D eigenvalue weighted by Crippen LogP contribution is 2.21. The quantitative estimate of drug-likeness (QED) is 0.912. The second-order valence-electron chi connectivity index (χ2n) is 5.95. The fourth-order valence-electron chi connectivity index (χ4n) is 3.14. The van der Waals surface area contributed by atoms with Gasteiger partial charge < -0.3 is 15.5 Å². The van der Waals surface area contributed by atoms with E-state index >= 15 is 0 Å². The van der Waals surface area contributed by atoms with Crippen molar-refractivity contribution in [2.24, 2.45) is 5.73 Å². The second kappa shape index (κ2) is 5.83. The molecule has 1 aromatic carbocycles. The summed E-state index contributed by atoms with van der Waals surface area (Å²) < 4.78 is 0. The Bertz CT molecular complexity index is 465. The van der Waals surface area contributed by atoms with E-state index < -0.39 is 0 Å². The number of carbonyl (C=O) groups is 1. The van der Waals surface area contributed by atoms with Gasteiger partial charge in [0.2, 0.25) is 5.91 Å². The van der Waals surface area contributed by atoms with Crippen LogP contribution in [-0.4, -0.2) is 36.5 Å². The number of anilines is 1. The molecule has 2 heterocycles. The Morgan fingerprint density at radius 1 is 1.10 bits per heavy atom. The van der Waals surface area contributed by atoms with Crippen molar-refractivity contribution in [3.8, 4) is 0 Å². The van der Waals surface area contributed by atoms with Gasteiger partial charge in [-0.1, -0.05) is 12.1 Å². The van der Waals surface area contributed by atoms with Crippen LogP contribution in [0.2, 0.25) is 0 Å². The van der Waals surface area contributed by atoms with Gasteiger partial charge in [-0.15, -0.1) is 0 Å². The van der Waals surface area contributed by atoms with Crippen molar-refractivity contribution in [2.75, 3.05) is 24.5 Å². The summed E-state index contributed by atoms with van der Waals surface area (Å²) in [5.41, 5.74) is 8.31. The third-order valence-corrected chi connectivity index (χ3v) is 4.28. The lowest BCUT2D eigenvalue weighted by Crippen LogP contribution is -2.29. The molecule has 2 aliphatic rings. The Balaban J connectivity index is 1.62. The van der Waals surface area contributed by atoms with Crippen LogP contribution in [0, 0.1) is 0 Å². The molecule has 0 saturated carbocycles. The van der Waals surface area contributed by atoms with Crippen LogP contribution >= 0.6 is 0 Å². The molecular formula is C16H23N3O. The minimum absolute atomic E-state index is 0.00937. The monoisotopic (exact) mass is 273 g/mol. The van der Waals surface area contributed by atoms with Crippen molar-refractivity contribution in [1.29, 1.82) is 0 Å². The van der Waals surface area contributed by atoms with Crippen molar-refractivity contribution in [3.05, 3.63) is 29.8 Å². The number of benzene rings is 1. The third-order valence-electron chi connectivity index (χ3n) is 4.28. The lowest BCUT2D eigenvalue weighted by atomic mass is 10.1. The van der Waals surface area contributed by atoms with Gasteiger partial charge >= 0.3 is 0 Å². The van der Waals surface area contributed by atoms with Gasteiger partial charge in [0.25, 0.3) is 0 Å². The van der Waals surface area contributed by atoms with E-state index in [1.807, 2.05) is 4.90 Å². The highest BCUT2D eigenvalue weighted by Gasteiger charge is 2.26. The molecule has 2 aliphatic heterocycles. The predicted octanol–water partition coefficient (Wildman–Crippen LogP) is 1.74. The van der Waals surface area contributed by atoms with Gasteiger partial charge in [-0.05, 0) is 37.0 Å². The third kappa shape index (κ3) is 2.96. The number of rotatable bonds is 3. The van der Waals surface area contributed by atoms with E-state index in [1.165, 1.54) is 43.6 Å². The topological polar surface area (TPSA) is 49.6 Å². The Labute approximate surface area is 120 Å². The van der Waals surface area contributed by atoms with Crippen LogP contribution in [-0.2, 0) is 11.3 Å². The minimum atomic E-state index is 0.00937. The van der Waals surface area contributed by atoms with Gasteiger partial charge in [0.05, 0.1) is 0 Å². The van der Waals surface area contributed by atoms with E-state index in [9.17, 15) is 4.79 Å². The first-order valence-corrected chi connectivity index (χ1v) is 7.59. The molecule has 1 amide bonds. The first-order valence-electron chi connectivity index (χ1n) is 7.59. The Hall–Kier alpha value is -1.55. The molecule has 0 spiro atoms. The van der Waals surface area contributed by atoms with E-state index in [0.29, 0.717) is 19.5 Å². The van der Waals surface area contributed by atoms with Crippen molar-refractivity contribution in [1.82, 2.24) is 4.90 Å². The summed E-state index contributed by atoms with van der Waals surface area (Å²) in [6.07, 6.45) is 4.43. The number of nitrogens with two attached hydrogens (primary N) is 1. The summed E-state index contributed by atoms with van der Waals surface area (Å²) in [4.78, 5) is 16.1. The van der Waals surface area contributed by atoms with Crippen LogP contribution in [0.4, 0.5) is 5.69 Å². The SMILES string of the molecule is NC1CC(=O)N(Cc2ccc(N3CCCCC3)cc2)C1. The van der Waals surface area contributed by atoms with Crippen molar-refractivity contribution >= 4 is 11.6 Å². The van der Waals surface area contributed by atoms with Crippen molar-refractivity contribution in [2.45, 2.75) is 38.3 Å². The molecule has 2 saturated heterocycles. The molecule has 1 unspecified atom stereocenters. The summed E-state index contributed by atoms with van der Waals surface area (Å²) in [5, 5.41) is 0. The molecule has 108 valence electrons. The fourth-order valence-corrected chi connectivity index (χ4v) is 3.14. The minimum Gasteiger partial charge on any atom is -0.372 e. The van der Waals surface area contributed by atoms with Gasteiger partial charge in [-0.25, -0.2) is 0 Å². The van der Waals surface area contributed by atoms with E-state index in [2.05, 4.69) is 29.2 Å². The van der Waals surface area contributed by atoms with Gasteiger partial charge in [0.1, 0.15) is 0 Å². The molecule has 20 heavy (non-hydrogen) atoms. The summed E-state index contributed by atoms with van der Waals surface area (Å²) in [6, 6.07) is 8.65. The number of likely N-dealkylation sites (tertiary alicyclic amines) is 1. The lowest BCUT2D eigenvalue weighted by molar-refractivity contribution is -0.128. The maximum atomic E-state index is 11.7. The maximum Gasteiger partial charge on any atom is 0.224 e. The van der Waals surface area contributed by atoms with Crippen LogP contribution in [0.25, 0.3) is 0 Å².